The molecule has 1 aliphatic heterocycles. The third-order valence-corrected chi connectivity index (χ3v) is 8.42. The van der Waals surface area contributed by atoms with Gasteiger partial charge in [-0.25, -0.2) is 8.78 Å². The van der Waals surface area contributed by atoms with E-state index in [1.807, 2.05) is 0 Å². The highest BCUT2D eigenvalue weighted by atomic mass is 35.5. The summed E-state index contributed by atoms with van der Waals surface area (Å²) in [5.41, 5.74) is 0.493. The van der Waals surface area contributed by atoms with Gasteiger partial charge in [0.2, 0.25) is 0 Å². The Kier molecular flexibility index (Phi) is 7.03. The Morgan fingerprint density at radius 3 is 1.76 bits per heavy atom. The summed E-state index contributed by atoms with van der Waals surface area (Å²) in [6.45, 7) is 0.985. The van der Waals surface area contributed by atoms with Gasteiger partial charge in [-0.05, 0) is 85.2 Å². The lowest BCUT2D eigenvalue weighted by Gasteiger charge is -2.44. The van der Waals surface area contributed by atoms with Gasteiger partial charge in [0, 0.05) is 24.2 Å². The van der Waals surface area contributed by atoms with E-state index < -0.39 is 22.8 Å². The molecule has 0 aromatic heterocycles. The Bertz CT molecular complexity index is 1280. The van der Waals surface area contributed by atoms with Gasteiger partial charge in [-0.15, -0.1) is 0 Å². The molecule has 200 valence electrons. The van der Waals surface area contributed by atoms with Crippen molar-refractivity contribution in [3.63, 3.8) is 0 Å². The number of aliphatic hydroxyl groups is 1. The highest BCUT2D eigenvalue weighted by Gasteiger charge is 2.41. The van der Waals surface area contributed by atoms with Crippen LogP contribution in [0, 0.1) is 11.6 Å². The predicted octanol–water partition coefficient (Wildman–Crippen LogP) is 7.97. The maximum Gasteiger partial charge on any atom is 0.417 e. The molecule has 2 nitrogen and oxygen atoms in total. The van der Waals surface area contributed by atoms with Gasteiger partial charge in [-0.1, -0.05) is 48.0 Å². The molecule has 0 amide bonds. The first-order valence-corrected chi connectivity index (χ1v) is 12.9. The summed E-state index contributed by atoms with van der Waals surface area (Å²) >= 11 is 5.76. The fourth-order valence-electron chi connectivity index (χ4n) is 5.84. The number of likely N-dealkylation sites (tertiary alicyclic amines) is 1. The van der Waals surface area contributed by atoms with E-state index in [0.29, 0.717) is 25.9 Å². The van der Waals surface area contributed by atoms with Gasteiger partial charge in [0.15, 0.2) is 0 Å². The molecule has 0 atom stereocenters. The first-order chi connectivity index (χ1) is 18.0. The van der Waals surface area contributed by atoms with Crippen LogP contribution in [0.1, 0.15) is 54.4 Å². The van der Waals surface area contributed by atoms with E-state index in [1.165, 1.54) is 36.4 Å². The Hall–Kier alpha value is -2.90. The second-order valence-corrected chi connectivity index (χ2v) is 10.6. The summed E-state index contributed by atoms with van der Waals surface area (Å²) in [6.07, 6.45) is 0.180. The van der Waals surface area contributed by atoms with Crippen LogP contribution in [0.25, 0.3) is 0 Å². The van der Waals surface area contributed by atoms with Gasteiger partial charge < -0.3 is 10.0 Å². The molecule has 38 heavy (non-hydrogen) atoms. The molecule has 8 heteroatoms. The summed E-state index contributed by atoms with van der Waals surface area (Å²) in [5, 5.41) is 10.9. The number of nitrogens with zero attached hydrogens (tertiary/aromatic N) is 1. The van der Waals surface area contributed by atoms with Crippen LogP contribution >= 0.6 is 11.6 Å². The lowest BCUT2D eigenvalue weighted by atomic mass is 9.66. The van der Waals surface area contributed by atoms with Crippen molar-refractivity contribution in [1.82, 2.24) is 4.90 Å². The van der Waals surface area contributed by atoms with Crippen molar-refractivity contribution < 1.29 is 27.1 Å². The van der Waals surface area contributed by atoms with E-state index in [4.69, 9.17) is 11.6 Å². The van der Waals surface area contributed by atoms with Crippen molar-refractivity contribution in [2.45, 2.75) is 49.3 Å². The van der Waals surface area contributed by atoms with Crippen molar-refractivity contribution in [3.05, 3.63) is 117 Å². The average Bonchev–Trinajstić information content (AvgIpc) is 2.90. The first-order valence-electron chi connectivity index (χ1n) is 12.6. The van der Waals surface area contributed by atoms with E-state index >= 15 is 0 Å². The minimum absolute atomic E-state index is 0.220. The minimum Gasteiger partial charge on any atom is -0.385 e. The fraction of sp³-hybridized carbons (Fsp3) is 0.333. The Morgan fingerprint density at radius 1 is 0.763 bits per heavy atom. The lowest BCUT2D eigenvalue weighted by Crippen LogP contribution is -2.43. The number of benzene rings is 3. The largest absolute Gasteiger partial charge is 0.417 e. The van der Waals surface area contributed by atoms with Crippen LogP contribution in [-0.4, -0.2) is 23.1 Å². The standard InChI is InChI=1S/C30H27ClF5NO/c31-27-10-5-22(19-26(27)30(34,35)36)29(38)15-17-37(18-16-29)25-11-13-28(14-12-25,20-1-6-23(32)7-2-20)21-3-8-24(33)9-4-21/h1-11,19,38H,12-18H2. The van der Waals surface area contributed by atoms with Gasteiger partial charge in [-0.2, -0.15) is 13.2 Å². The number of alkyl halides is 3. The van der Waals surface area contributed by atoms with Crippen molar-refractivity contribution >= 4 is 11.6 Å². The number of rotatable bonds is 4. The van der Waals surface area contributed by atoms with E-state index in [1.54, 1.807) is 24.3 Å². The Labute approximate surface area is 223 Å². The molecule has 0 spiro atoms. The van der Waals surface area contributed by atoms with Crippen molar-refractivity contribution in [2.24, 2.45) is 0 Å². The van der Waals surface area contributed by atoms with Crippen LogP contribution in [0.4, 0.5) is 22.0 Å². The average molecular weight is 548 g/mol. The molecule has 0 bridgehead atoms. The maximum absolute atomic E-state index is 13.7. The van der Waals surface area contributed by atoms with Gasteiger partial charge in [-0.3, -0.25) is 0 Å². The summed E-state index contributed by atoms with van der Waals surface area (Å²) in [5.74, 6) is -0.641. The Balaban J connectivity index is 1.35. The summed E-state index contributed by atoms with van der Waals surface area (Å²) in [4.78, 5) is 2.17. The highest BCUT2D eigenvalue weighted by molar-refractivity contribution is 6.31. The second-order valence-electron chi connectivity index (χ2n) is 10.2. The molecule has 1 N–H and O–H groups in total. The molecule has 0 unspecified atom stereocenters. The summed E-state index contributed by atoms with van der Waals surface area (Å²) in [7, 11) is 0. The molecular formula is C30H27ClF5NO. The number of piperidine rings is 1. The van der Waals surface area contributed by atoms with Crippen LogP contribution < -0.4 is 0 Å². The maximum atomic E-state index is 13.7. The molecule has 1 heterocycles. The van der Waals surface area contributed by atoms with Gasteiger partial charge in [0.1, 0.15) is 11.6 Å². The van der Waals surface area contributed by atoms with E-state index in [0.717, 1.165) is 29.3 Å². The van der Waals surface area contributed by atoms with Crippen molar-refractivity contribution in [1.29, 1.82) is 0 Å². The molecule has 2 aliphatic rings. The van der Waals surface area contributed by atoms with Crippen LogP contribution in [-0.2, 0) is 17.2 Å². The second kappa shape index (κ2) is 10.0. The molecule has 3 aromatic carbocycles. The van der Waals surface area contributed by atoms with Gasteiger partial charge in [0.05, 0.1) is 16.2 Å². The van der Waals surface area contributed by atoms with Gasteiger partial charge in [0.25, 0.3) is 0 Å². The molecule has 1 fully saturated rings. The highest BCUT2D eigenvalue weighted by Crippen LogP contribution is 2.46. The summed E-state index contributed by atoms with van der Waals surface area (Å²) < 4.78 is 67.4. The molecule has 1 aliphatic carbocycles. The normalized spacial score (nSPS) is 19.2. The minimum atomic E-state index is -4.60. The smallest absolute Gasteiger partial charge is 0.385 e. The van der Waals surface area contributed by atoms with Crippen LogP contribution in [0.3, 0.4) is 0 Å². The number of halogens is 6. The topological polar surface area (TPSA) is 23.5 Å². The quantitative estimate of drug-likeness (QED) is 0.335. The SMILES string of the molecule is OC1(c2ccc(Cl)c(C(F)(F)F)c2)CCN(C2=CCC(c3ccc(F)cc3)(c3ccc(F)cc3)CC2)CC1. The third kappa shape index (κ3) is 5.06. The van der Waals surface area contributed by atoms with E-state index in [2.05, 4.69) is 11.0 Å². The molecule has 0 saturated carbocycles. The predicted molar refractivity (Wildman–Crippen MR) is 137 cm³/mol. The van der Waals surface area contributed by atoms with E-state index in [9.17, 15) is 27.1 Å². The van der Waals surface area contributed by atoms with Gasteiger partial charge >= 0.3 is 6.18 Å². The van der Waals surface area contributed by atoms with Crippen molar-refractivity contribution in [3.8, 4) is 0 Å². The Morgan fingerprint density at radius 2 is 1.29 bits per heavy atom. The monoisotopic (exact) mass is 547 g/mol. The third-order valence-electron chi connectivity index (χ3n) is 8.09. The van der Waals surface area contributed by atoms with E-state index in [-0.39, 0.29) is 35.1 Å². The molecule has 0 radical (unpaired) electrons. The van der Waals surface area contributed by atoms with Crippen LogP contribution in [0.5, 0.6) is 0 Å². The first kappa shape index (κ1) is 26.7. The zero-order valence-electron chi connectivity index (χ0n) is 20.5. The fourth-order valence-corrected chi connectivity index (χ4v) is 6.06. The lowest BCUT2D eigenvalue weighted by molar-refractivity contribution is -0.137. The van der Waals surface area contributed by atoms with Crippen LogP contribution in [0.2, 0.25) is 5.02 Å². The molecule has 1 saturated heterocycles. The number of allylic oxidation sites excluding steroid dienone is 2. The number of hydrogen-bond acceptors (Lipinski definition) is 2. The zero-order valence-corrected chi connectivity index (χ0v) is 21.3. The molecular weight excluding hydrogens is 521 g/mol. The summed E-state index contributed by atoms with van der Waals surface area (Å²) in [6, 6.07) is 16.5. The molecule has 5 rings (SSSR count). The van der Waals surface area contributed by atoms with Crippen LogP contribution in [0.15, 0.2) is 78.5 Å². The van der Waals surface area contributed by atoms with Crippen molar-refractivity contribution in [2.75, 3.05) is 13.1 Å². The number of hydrogen-bond donors (Lipinski definition) is 1. The molecule has 3 aromatic rings. The zero-order chi connectivity index (χ0) is 27.1.